The molecular weight excluding hydrogens is 332 g/mol. The normalized spacial score (nSPS) is 10.8. The number of ether oxygens (including phenoxy) is 2. The van der Waals surface area contributed by atoms with E-state index >= 15 is 0 Å². The Bertz CT molecular complexity index is 859. The maximum atomic E-state index is 5.49. The first-order chi connectivity index (χ1) is 12.8. The second kappa shape index (κ2) is 8.71. The maximum Gasteiger partial charge on any atom is 0.167 e. The molecule has 0 amide bonds. The van der Waals surface area contributed by atoms with Crippen LogP contribution in [0.25, 0.3) is 11.3 Å². The lowest BCUT2D eigenvalue weighted by atomic mass is 10.2. The van der Waals surface area contributed by atoms with Gasteiger partial charge in [-0.1, -0.05) is 40.6 Å². The van der Waals surface area contributed by atoms with E-state index in [4.69, 9.17) is 18.8 Å². The molecule has 6 nitrogen and oxygen atoms in total. The Morgan fingerprint density at radius 3 is 2.69 bits per heavy atom. The summed E-state index contributed by atoms with van der Waals surface area (Å²) in [5.74, 6) is 2.05. The van der Waals surface area contributed by atoms with Gasteiger partial charge in [0, 0.05) is 17.2 Å². The van der Waals surface area contributed by atoms with E-state index in [0.29, 0.717) is 29.6 Å². The molecule has 134 valence electrons. The number of rotatable bonds is 8. The molecule has 0 aliphatic heterocycles. The van der Waals surface area contributed by atoms with Crippen molar-refractivity contribution < 1.29 is 18.8 Å². The van der Waals surface area contributed by atoms with Crippen molar-refractivity contribution in [1.29, 1.82) is 0 Å². The van der Waals surface area contributed by atoms with Gasteiger partial charge in [0.05, 0.1) is 19.9 Å². The molecule has 0 N–H and O–H groups in total. The van der Waals surface area contributed by atoms with Crippen molar-refractivity contribution in [3.63, 3.8) is 0 Å². The van der Waals surface area contributed by atoms with Gasteiger partial charge < -0.3 is 18.8 Å². The average molecular weight is 352 g/mol. The second-order valence-electron chi connectivity index (χ2n) is 5.40. The third kappa shape index (κ3) is 4.42. The van der Waals surface area contributed by atoms with E-state index in [1.807, 2.05) is 61.5 Å². The van der Waals surface area contributed by atoms with Gasteiger partial charge in [0.25, 0.3) is 0 Å². The van der Waals surface area contributed by atoms with Crippen LogP contribution >= 0.6 is 0 Å². The number of benzene rings is 2. The minimum absolute atomic E-state index is 0.223. The standard InChI is InChI=1S/C20H20N2O4/c1-3-24-18-10-9-15(11-20(18)23-2)13-21-25-14-17-12-19(26-22-17)16-7-5-4-6-8-16/h4-13H,3,14H2,1-2H3/b21-13+. The molecule has 26 heavy (non-hydrogen) atoms. The molecule has 0 atom stereocenters. The molecule has 0 fully saturated rings. The second-order valence-corrected chi connectivity index (χ2v) is 5.40. The predicted octanol–water partition coefficient (Wildman–Crippen LogP) is 4.30. The summed E-state index contributed by atoms with van der Waals surface area (Å²) in [4.78, 5) is 5.30. The number of hydrogen-bond acceptors (Lipinski definition) is 6. The molecule has 3 rings (SSSR count). The predicted molar refractivity (Wildman–Crippen MR) is 98.5 cm³/mol. The van der Waals surface area contributed by atoms with E-state index in [1.54, 1.807) is 13.3 Å². The summed E-state index contributed by atoms with van der Waals surface area (Å²) in [5, 5.41) is 7.95. The van der Waals surface area contributed by atoms with Crippen LogP contribution in [0.3, 0.4) is 0 Å². The van der Waals surface area contributed by atoms with E-state index in [2.05, 4.69) is 10.3 Å². The number of hydrogen-bond donors (Lipinski definition) is 0. The van der Waals surface area contributed by atoms with Crippen LogP contribution in [0.15, 0.2) is 64.3 Å². The molecule has 0 bridgehead atoms. The van der Waals surface area contributed by atoms with Crippen molar-refractivity contribution in [2.75, 3.05) is 13.7 Å². The SMILES string of the molecule is CCOc1ccc(/C=N/OCc2cc(-c3ccccc3)on2)cc1OC. The monoisotopic (exact) mass is 352 g/mol. The van der Waals surface area contributed by atoms with Gasteiger partial charge in [-0.25, -0.2) is 0 Å². The van der Waals surface area contributed by atoms with Gasteiger partial charge in [0.1, 0.15) is 5.69 Å². The highest BCUT2D eigenvalue weighted by atomic mass is 16.6. The zero-order chi connectivity index (χ0) is 18.2. The minimum Gasteiger partial charge on any atom is -0.493 e. The largest absolute Gasteiger partial charge is 0.493 e. The molecule has 0 aliphatic carbocycles. The van der Waals surface area contributed by atoms with Crippen molar-refractivity contribution >= 4 is 6.21 Å². The Balaban J connectivity index is 1.57. The Morgan fingerprint density at radius 2 is 1.92 bits per heavy atom. The van der Waals surface area contributed by atoms with Gasteiger partial charge in [-0.15, -0.1) is 0 Å². The first kappa shape index (κ1) is 17.5. The van der Waals surface area contributed by atoms with Crippen LogP contribution in [0.4, 0.5) is 0 Å². The number of methoxy groups -OCH3 is 1. The smallest absolute Gasteiger partial charge is 0.167 e. The Labute approximate surface area is 152 Å². The fourth-order valence-corrected chi connectivity index (χ4v) is 2.36. The first-order valence-corrected chi connectivity index (χ1v) is 8.27. The lowest BCUT2D eigenvalue weighted by molar-refractivity contribution is 0.126. The van der Waals surface area contributed by atoms with Crippen LogP contribution in [0.1, 0.15) is 18.2 Å². The molecule has 1 aromatic heterocycles. The zero-order valence-corrected chi connectivity index (χ0v) is 14.7. The van der Waals surface area contributed by atoms with Crippen LogP contribution in [0.5, 0.6) is 11.5 Å². The van der Waals surface area contributed by atoms with E-state index < -0.39 is 0 Å². The lowest BCUT2D eigenvalue weighted by Gasteiger charge is -2.09. The van der Waals surface area contributed by atoms with Crippen LogP contribution in [0.2, 0.25) is 0 Å². The lowest BCUT2D eigenvalue weighted by Crippen LogP contribution is -1.96. The zero-order valence-electron chi connectivity index (χ0n) is 14.7. The topological polar surface area (TPSA) is 66.1 Å². The summed E-state index contributed by atoms with van der Waals surface area (Å²) < 4.78 is 16.1. The van der Waals surface area contributed by atoms with Gasteiger partial charge in [-0.2, -0.15) is 0 Å². The fraction of sp³-hybridized carbons (Fsp3) is 0.200. The summed E-state index contributed by atoms with van der Waals surface area (Å²) in [6.45, 7) is 2.73. The van der Waals surface area contributed by atoms with Gasteiger partial charge >= 0.3 is 0 Å². The molecule has 2 aromatic carbocycles. The molecule has 0 aliphatic rings. The highest BCUT2D eigenvalue weighted by Crippen LogP contribution is 2.27. The van der Waals surface area contributed by atoms with Gasteiger partial charge in [0.2, 0.25) is 0 Å². The number of aromatic nitrogens is 1. The minimum atomic E-state index is 0.223. The van der Waals surface area contributed by atoms with E-state index in [0.717, 1.165) is 11.1 Å². The van der Waals surface area contributed by atoms with Crippen LogP contribution in [-0.2, 0) is 11.4 Å². The van der Waals surface area contributed by atoms with Gasteiger partial charge in [-0.3, -0.25) is 0 Å². The molecule has 0 saturated heterocycles. The maximum absolute atomic E-state index is 5.49. The van der Waals surface area contributed by atoms with Gasteiger partial charge in [-0.05, 0) is 25.1 Å². The quantitative estimate of drug-likeness (QED) is 0.447. The first-order valence-electron chi connectivity index (χ1n) is 8.27. The van der Waals surface area contributed by atoms with Crippen molar-refractivity contribution in [2.45, 2.75) is 13.5 Å². The van der Waals surface area contributed by atoms with Crippen LogP contribution in [-0.4, -0.2) is 25.1 Å². The van der Waals surface area contributed by atoms with E-state index in [9.17, 15) is 0 Å². The summed E-state index contributed by atoms with van der Waals surface area (Å²) in [6, 6.07) is 17.2. The molecule has 0 spiro atoms. The Morgan fingerprint density at radius 1 is 1.08 bits per heavy atom. The summed E-state index contributed by atoms with van der Waals surface area (Å²) in [6.07, 6.45) is 1.61. The molecule has 6 heteroatoms. The van der Waals surface area contributed by atoms with Crippen molar-refractivity contribution in [3.05, 3.63) is 65.9 Å². The molecule has 0 saturated carbocycles. The Hall–Kier alpha value is -3.28. The van der Waals surface area contributed by atoms with E-state index in [1.165, 1.54) is 0 Å². The molecule has 1 heterocycles. The molecule has 3 aromatic rings. The average Bonchev–Trinajstić information content (AvgIpc) is 3.16. The third-order valence-electron chi connectivity index (χ3n) is 3.59. The summed E-state index contributed by atoms with van der Waals surface area (Å²) in [5.41, 5.74) is 2.48. The Kier molecular flexibility index (Phi) is 5.88. The fourth-order valence-electron chi connectivity index (χ4n) is 2.36. The summed E-state index contributed by atoms with van der Waals surface area (Å²) in [7, 11) is 1.60. The molecule has 0 radical (unpaired) electrons. The van der Waals surface area contributed by atoms with Crippen LogP contribution in [0, 0.1) is 0 Å². The van der Waals surface area contributed by atoms with Gasteiger partial charge in [0.15, 0.2) is 23.9 Å². The highest BCUT2D eigenvalue weighted by molar-refractivity contribution is 5.80. The highest BCUT2D eigenvalue weighted by Gasteiger charge is 2.07. The molecule has 0 unspecified atom stereocenters. The third-order valence-corrected chi connectivity index (χ3v) is 3.59. The molecular formula is C20H20N2O4. The van der Waals surface area contributed by atoms with Crippen molar-refractivity contribution in [3.8, 4) is 22.8 Å². The summed E-state index contributed by atoms with van der Waals surface area (Å²) >= 11 is 0. The van der Waals surface area contributed by atoms with Crippen molar-refractivity contribution in [2.24, 2.45) is 5.16 Å². The van der Waals surface area contributed by atoms with E-state index in [-0.39, 0.29) is 6.61 Å². The number of oxime groups is 1. The van der Waals surface area contributed by atoms with Crippen molar-refractivity contribution in [1.82, 2.24) is 5.16 Å². The van der Waals surface area contributed by atoms with Crippen LogP contribution < -0.4 is 9.47 Å². The number of nitrogens with zero attached hydrogens (tertiary/aromatic N) is 2.